The van der Waals surface area contributed by atoms with Crippen LogP contribution in [0.5, 0.6) is 5.75 Å². The fourth-order valence-corrected chi connectivity index (χ4v) is 4.27. The van der Waals surface area contributed by atoms with Crippen LogP contribution < -0.4 is 10.1 Å². The van der Waals surface area contributed by atoms with Crippen molar-refractivity contribution < 1.29 is 4.74 Å². The number of pyridine rings is 2. The molecule has 0 bridgehead atoms. The number of hydrogen-bond acceptors (Lipinski definition) is 5. The van der Waals surface area contributed by atoms with Gasteiger partial charge in [0, 0.05) is 52.9 Å². The average Bonchev–Trinajstić information content (AvgIpc) is 3.46. The third-order valence-corrected chi connectivity index (χ3v) is 6.14. The summed E-state index contributed by atoms with van der Waals surface area (Å²) < 4.78 is 5.39. The van der Waals surface area contributed by atoms with Crippen LogP contribution in [0.3, 0.4) is 0 Å². The summed E-state index contributed by atoms with van der Waals surface area (Å²) in [4.78, 5) is 21.8. The molecule has 4 heterocycles. The number of benzene rings is 2. The first-order valence-corrected chi connectivity index (χ1v) is 11.9. The van der Waals surface area contributed by atoms with Crippen molar-refractivity contribution in [2.75, 3.05) is 7.11 Å². The van der Waals surface area contributed by atoms with E-state index >= 15 is 0 Å². The molecule has 0 saturated carbocycles. The predicted molar refractivity (Wildman–Crippen MR) is 144 cm³/mol. The monoisotopic (exact) mass is 483 g/mol. The quantitative estimate of drug-likeness (QED) is 0.292. The molecule has 1 N–H and O–H groups in total. The Hall–Kier alpha value is -5.04. The van der Waals surface area contributed by atoms with Gasteiger partial charge in [-0.1, -0.05) is 30.3 Å². The molecule has 2 aromatic carbocycles. The highest BCUT2D eigenvalue weighted by molar-refractivity contribution is 5.83. The Morgan fingerprint density at radius 3 is 2.62 bits per heavy atom. The van der Waals surface area contributed by atoms with Gasteiger partial charge in [0.1, 0.15) is 11.4 Å². The van der Waals surface area contributed by atoms with E-state index < -0.39 is 0 Å². The molecule has 7 heteroatoms. The lowest BCUT2D eigenvalue weighted by Crippen LogP contribution is -2.04. The number of methoxy groups -OCH3 is 1. The second-order valence-electron chi connectivity index (χ2n) is 8.52. The molecule has 6 rings (SSSR count). The van der Waals surface area contributed by atoms with Crippen molar-refractivity contribution in [3.8, 4) is 39.7 Å². The maximum Gasteiger partial charge on any atom is 0.180 e. The molecule has 0 spiro atoms. The molecule has 0 amide bonds. The number of aromatic nitrogens is 5. The largest absolute Gasteiger partial charge is 0.497 e. The lowest BCUT2D eigenvalue weighted by Gasteiger charge is -2.10. The first-order chi connectivity index (χ1) is 18.3. The Labute approximate surface area is 214 Å². The van der Waals surface area contributed by atoms with Crippen LogP contribution in [0.4, 0.5) is 5.82 Å². The van der Waals surface area contributed by atoms with Crippen LogP contribution in [0.15, 0.2) is 104 Å². The minimum Gasteiger partial charge on any atom is -0.497 e. The summed E-state index contributed by atoms with van der Waals surface area (Å²) in [6.07, 6.45) is 7.32. The molecule has 37 heavy (non-hydrogen) atoms. The van der Waals surface area contributed by atoms with Gasteiger partial charge in [0.15, 0.2) is 11.6 Å². The normalized spacial score (nSPS) is 10.9. The van der Waals surface area contributed by atoms with E-state index in [9.17, 15) is 0 Å². The molecule has 1 radical (unpaired) electrons. The molecule has 0 saturated heterocycles. The van der Waals surface area contributed by atoms with E-state index in [1.54, 1.807) is 19.5 Å². The van der Waals surface area contributed by atoms with Gasteiger partial charge in [-0.15, -0.1) is 0 Å². The van der Waals surface area contributed by atoms with Gasteiger partial charge in [0.25, 0.3) is 0 Å². The van der Waals surface area contributed by atoms with Crippen LogP contribution in [-0.4, -0.2) is 32.0 Å². The first kappa shape index (κ1) is 22.4. The lowest BCUT2D eigenvalue weighted by atomic mass is 10.0. The van der Waals surface area contributed by atoms with Gasteiger partial charge >= 0.3 is 0 Å². The Bertz CT molecular complexity index is 1680. The topological polar surface area (TPSA) is 90.7 Å². The zero-order valence-electron chi connectivity index (χ0n) is 20.2. The molecule has 4 aromatic heterocycles. The van der Waals surface area contributed by atoms with Crippen molar-refractivity contribution in [3.05, 3.63) is 109 Å². The molecule has 6 aromatic rings. The van der Waals surface area contributed by atoms with Gasteiger partial charge in [-0.2, -0.15) is 0 Å². The highest BCUT2D eigenvalue weighted by Gasteiger charge is 2.13. The predicted octanol–water partition coefficient (Wildman–Crippen LogP) is 6.19. The molecule has 179 valence electrons. The summed E-state index contributed by atoms with van der Waals surface area (Å²) >= 11 is 0. The standard InChI is InChI=1S/C30H23N6O/c1-37-24-8-4-6-20(15-24)22-14-23(18-31-17-22)28-16-29(36-30(35-28)27-9-2-3-12-32-27)34-19-21-7-5-10-26-25(21)11-13-33-26/h2-18,33H,19H2,1H3. The maximum atomic E-state index is 5.39. The molecule has 0 unspecified atom stereocenters. The van der Waals surface area contributed by atoms with Crippen molar-refractivity contribution >= 4 is 16.7 Å². The third kappa shape index (κ3) is 4.75. The number of nitrogens with zero attached hydrogens (tertiary/aromatic N) is 5. The molecule has 7 nitrogen and oxygen atoms in total. The van der Waals surface area contributed by atoms with Gasteiger partial charge in [-0.05, 0) is 53.6 Å². The second-order valence-corrected chi connectivity index (χ2v) is 8.52. The fourth-order valence-electron chi connectivity index (χ4n) is 4.27. The smallest absolute Gasteiger partial charge is 0.180 e. The van der Waals surface area contributed by atoms with E-state index in [0.717, 1.165) is 44.6 Å². The Balaban J connectivity index is 1.39. The Morgan fingerprint density at radius 1 is 0.811 bits per heavy atom. The maximum absolute atomic E-state index is 5.39. The average molecular weight is 484 g/mol. The highest BCUT2D eigenvalue weighted by atomic mass is 16.5. The highest BCUT2D eigenvalue weighted by Crippen LogP contribution is 2.29. The van der Waals surface area contributed by atoms with Crippen molar-refractivity contribution in [1.82, 2.24) is 30.2 Å². The number of H-pyrrole nitrogens is 1. The summed E-state index contributed by atoms with van der Waals surface area (Å²) in [7, 11) is 1.66. The van der Waals surface area contributed by atoms with Crippen LogP contribution in [0.25, 0.3) is 44.8 Å². The summed E-state index contributed by atoms with van der Waals surface area (Å²) in [5.41, 5.74) is 6.47. The van der Waals surface area contributed by atoms with Crippen molar-refractivity contribution in [3.63, 3.8) is 0 Å². The van der Waals surface area contributed by atoms with E-state index in [4.69, 9.17) is 20.0 Å². The van der Waals surface area contributed by atoms with Crippen molar-refractivity contribution in [1.29, 1.82) is 0 Å². The molecule has 0 aliphatic heterocycles. The van der Waals surface area contributed by atoms with E-state index in [1.165, 1.54) is 0 Å². The Kier molecular flexibility index (Phi) is 6.01. The number of ether oxygens (including phenoxy) is 1. The van der Waals surface area contributed by atoms with Gasteiger partial charge in [0.2, 0.25) is 0 Å². The lowest BCUT2D eigenvalue weighted by molar-refractivity contribution is 0.415. The van der Waals surface area contributed by atoms with Crippen LogP contribution in [0.2, 0.25) is 0 Å². The van der Waals surface area contributed by atoms with Crippen LogP contribution in [-0.2, 0) is 6.54 Å². The zero-order chi connectivity index (χ0) is 25.0. The summed E-state index contributed by atoms with van der Waals surface area (Å²) in [5, 5.41) is 6.01. The number of hydrogen-bond donors (Lipinski definition) is 1. The second kappa shape index (κ2) is 9.91. The van der Waals surface area contributed by atoms with Gasteiger partial charge in [-0.25, -0.2) is 9.97 Å². The van der Waals surface area contributed by atoms with Crippen LogP contribution >= 0.6 is 0 Å². The van der Waals surface area contributed by atoms with E-state index in [0.29, 0.717) is 23.9 Å². The SMILES string of the molecule is COc1cccc(-c2cncc(-c3cc([N]Cc4cccc5[nH]ccc45)nc(-c4ccccn4)n3)c2)c1. The summed E-state index contributed by atoms with van der Waals surface area (Å²) in [5.74, 6) is 1.90. The van der Waals surface area contributed by atoms with Crippen molar-refractivity contribution in [2.24, 2.45) is 0 Å². The fraction of sp³-hybridized carbons (Fsp3) is 0.0667. The summed E-state index contributed by atoms with van der Waals surface area (Å²) in [6, 6.07) is 25.8. The molecule has 0 fully saturated rings. The first-order valence-electron chi connectivity index (χ1n) is 11.9. The molecular weight excluding hydrogens is 460 g/mol. The van der Waals surface area contributed by atoms with Crippen LogP contribution in [0.1, 0.15) is 5.56 Å². The van der Waals surface area contributed by atoms with E-state index in [-0.39, 0.29) is 0 Å². The number of fused-ring (bicyclic) bond motifs is 1. The zero-order valence-corrected chi connectivity index (χ0v) is 20.2. The molecule has 0 aliphatic rings. The number of aromatic amines is 1. The Morgan fingerprint density at radius 2 is 1.73 bits per heavy atom. The van der Waals surface area contributed by atoms with Gasteiger partial charge in [-0.3, -0.25) is 15.3 Å². The van der Waals surface area contributed by atoms with E-state index in [1.807, 2.05) is 67.0 Å². The van der Waals surface area contributed by atoms with Crippen LogP contribution in [0, 0.1) is 0 Å². The minimum atomic E-state index is 0.495. The molecular formula is C30H23N6O. The van der Waals surface area contributed by atoms with Crippen molar-refractivity contribution in [2.45, 2.75) is 6.54 Å². The summed E-state index contributed by atoms with van der Waals surface area (Å²) in [6.45, 7) is 0.495. The van der Waals surface area contributed by atoms with E-state index in [2.05, 4.69) is 39.2 Å². The third-order valence-electron chi connectivity index (χ3n) is 6.14. The minimum absolute atomic E-state index is 0.495. The number of rotatable bonds is 7. The number of nitrogens with one attached hydrogen (secondary N) is 1. The van der Waals surface area contributed by atoms with Gasteiger partial charge < -0.3 is 9.72 Å². The molecule has 0 atom stereocenters. The molecule has 0 aliphatic carbocycles. The van der Waals surface area contributed by atoms with Gasteiger partial charge in [0.05, 0.1) is 19.3 Å².